The number of aromatic nitrogens is 1. The van der Waals surface area contributed by atoms with Gasteiger partial charge < -0.3 is 9.47 Å². The molecular formula is C34H45NO3. The topological polar surface area (TPSA) is 48.4 Å². The second-order valence-corrected chi connectivity index (χ2v) is 10.1. The molecule has 0 saturated carbocycles. The molecule has 0 fully saturated rings. The van der Waals surface area contributed by atoms with Crippen LogP contribution in [-0.2, 0) is 6.42 Å². The van der Waals surface area contributed by atoms with Crippen molar-refractivity contribution in [1.29, 1.82) is 0 Å². The summed E-state index contributed by atoms with van der Waals surface area (Å²) in [7, 11) is 0. The molecule has 204 valence electrons. The van der Waals surface area contributed by atoms with E-state index < -0.39 is 0 Å². The van der Waals surface area contributed by atoms with Crippen LogP contribution in [0.2, 0.25) is 0 Å². The number of hydrogen-bond donors (Lipinski definition) is 0. The third-order valence-electron chi connectivity index (χ3n) is 6.87. The molecule has 0 aliphatic rings. The van der Waals surface area contributed by atoms with Gasteiger partial charge >= 0.3 is 5.97 Å². The van der Waals surface area contributed by atoms with E-state index in [1.165, 1.54) is 76.2 Å². The lowest BCUT2D eigenvalue weighted by Gasteiger charge is -2.08. The fourth-order valence-electron chi connectivity index (χ4n) is 4.49. The summed E-state index contributed by atoms with van der Waals surface area (Å²) in [5, 5.41) is 0. The zero-order valence-corrected chi connectivity index (χ0v) is 23.4. The first-order valence-corrected chi connectivity index (χ1v) is 14.7. The van der Waals surface area contributed by atoms with Crippen LogP contribution in [0.3, 0.4) is 0 Å². The fraction of sp³-hybridized carbons (Fsp3) is 0.471. The number of hydrogen-bond acceptors (Lipinski definition) is 4. The molecule has 4 nitrogen and oxygen atoms in total. The van der Waals surface area contributed by atoms with E-state index in [9.17, 15) is 4.79 Å². The minimum absolute atomic E-state index is 0.363. The van der Waals surface area contributed by atoms with E-state index in [0.29, 0.717) is 11.3 Å². The van der Waals surface area contributed by atoms with Crippen molar-refractivity contribution in [2.45, 2.75) is 97.3 Å². The summed E-state index contributed by atoms with van der Waals surface area (Å²) >= 11 is 0. The molecule has 3 rings (SSSR count). The van der Waals surface area contributed by atoms with E-state index in [0.717, 1.165) is 36.5 Å². The molecule has 0 bridgehead atoms. The van der Waals surface area contributed by atoms with Gasteiger partial charge in [0.1, 0.15) is 11.5 Å². The SMILES string of the molecule is CCCCCCCCCc1ccc(C(=O)Oc2ccc(-c3ccc(OCCCCCCC)cc3)nc2)cc1. The minimum Gasteiger partial charge on any atom is -0.494 e. The molecule has 0 aliphatic heterocycles. The Morgan fingerprint density at radius 2 is 1.26 bits per heavy atom. The van der Waals surface area contributed by atoms with E-state index in [1.54, 1.807) is 12.3 Å². The van der Waals surface area contributed by atoms with Crippen molar-refractivity contribution in [2.24, 2.45) is 0 Å². The van der Waals surface area contributed by atoms with Crippen molar-refractivity contribution in [3.05, 3.63) is 78.0 Å². The number of rotatable bonds is 18. The average molecular weight is 516 g/mol. The lowest BCUT2D eigenvalue weighted by Crippen LogP contribution is -2.08. The Morgan fingerprint density at radius 3 is 1.89 bits per heavy atom. The van der Waals surface area contributed by atoms with Crippen LogP contribution in [-0.4, -0.2) is 17.6 Å². The van der Waals surface area contributed by atoms with Crippen molar-refractivity contribution in [3.8, 4) is 22.8 Å². The van der Waals surface area contributed by atoms with Crippen LogP contribution in [0.25, 0.3) is 11.3 Å². The highest BCUT2D eigenvalue weighted by molar-refractivity contribution is 5.91. The number of aryl methyl sites for hydroxylation is 1. The van der Waals surface area contributed by atoms with Crippen molar-refractivity contribution < 1.29 is 14.3 Å². The van der Waals surface area contributed by atoms with Crippen LogP contribution in [0.15, 0.2) is 66.9 Å². The molecule has 0 atom stereocenters. The van der Waals surface area contributed by atoms with Crippen LogP contribution >= 0.6 is 0 Å². The third kappa shape index (κ3) is 10.7. The minimum atomic E-state index is -0.363. The summed E-state index contributed by atoms with van der Waals surface area (Å²) in [5.41, 5.74) is 3.64. The molecule has 0 radical (unpaired) electrons. The molecule has 0 N–H and O–H groups in total. The van der Waals surface area contributed by atoms with Gasteiger partial charge in [-0.2, -0.15) is 0 Å². The first-order valence-electron chi connectivity index (χ1n) is 14.7. The Morgan fingerprint density at radius 1 is 0.658 bits per heavy atom. The zero-order chi connectivity index (χ0) is 26.8. The van der Waals surface area contributed by atoms with Crippen molar-refractivity contribution >= 4 is 5.97 Å². The summed E-state index contributed by atoms with van der Waals surface area (Å²) in [4.78, 5) is 17.1. The molecule has 0 aliphatic carbocycles. The van der Waals surface area contributed by atoms with Crippen LogP contribution in [0.5, 0.6) is 11.5 Å². The van der Waals surface area contributed by atoms with Gasteiger partial charge in [0, 0.05) is 5.56 Å². The highest BCUT2D eigenvalue weighted by Gasteiger charge is 2.10. The second kappa shape index (κ2) is 17.4. The highest BCUT2D eigenvalue weighted by atomic mass is 16.5. The quantitative estimate of drug-likeness (QED) is 0.125. The number of ether oxygens (including phenoxy) is 2. The molecule has 0 unspecified atom stereocenters. The molecule has 0 amide bonds. The number of carbonyl (C=O) groups excluding carboxylic acids is 1. The smallest absolute Gasteiger partial charge is 0.343 e. The molecule has 1 aromatic heterocycles. The molecular weight excluding hydrogens is 470 g/mol. The summed E-state index contributed by atoms with van der Waals surface area (Å²) in [5.74, 6) is 0.954. The van der Waals surface area contributed by atoms with Crippen molar-refractivity contribution in [2.75, 3.05) is 6.61 Å². The molecule has 38 heavy (non-hydrogen) atoms. The van der Waals surface area contributed by atoms with Gasteiger partial charge in [-0.1, -0.05) is 90.2 Å². The van der Waals surface area contributed by atoms with Crippen LogP contribution in [0, 0.1) is 0 Å². The van der Waals surface area contributed by atoms with E-state index >= 15 is 0 Å². The fourth-order valence-corrected chi connectivity index (χ4v) is 4.49. The predicted molar refractivity (Wildman–Crippen MR) is 157 cm³/mol. The maximum atomic E-state index is 12.6. The summed E-state index contributed by atoms with van der Waals surface area (Å²) < 4.78 is 11.4. The Balaban J connectivity index is 1.41. The van der Waals surface area contributed by atoms with E-state index in [4.69, 9.17) is 9.47 Å². The molecule has 3 aromatic rings. The van der Waals surface area contributed by atoms with Gasteiger partial charge in [0.05, 0.1) is 24.1 Å². The number of unbranched alkanes of at least 4 members (excludes halogenated alkanes) is 10. The Hall–Kier alpha value is -3.14. The second-order valence-electron chi connectivity index (χ2n) is 10.1. The van der Waals surface area contributed by atoms with E-state index in [1.807, 2.05) is 54.6 Å². The van der Waals surface area contributed by atoms with Crippen LogP contribution in [0.4, 0.5) is 0 Å². The lowest BCUT2D eigenvalue weighted by molar-refractivity contribution is 0.0734. The largest absolute Gasteiger partial charge is 0.494 e. The van der Waals surface area contributed by atoms with Gasteiger partial charge in [-0.15, -0.1) is 0 Å². The van der Waals surface area contributed by atoms with Crippen LogP contribution in [0.1, 0.15) is 107 Å². The number of esters is 1. The van der Waals surface area contributed by atoms with Crippen molar-refractivity contribution in [1.82, 2.24) is 4.98 Å². The van der Waals surface area contributed by atoms with Crippen LogP contribution < -0.4 is 9.47 Å². The average Bonchev–Trinajstić information content (AvgIpc) is 2.95. The van der Waals surface area contributed by atoms with Gasteiger partial charge in [-0.05, 0) is 73.4 Å². The normalized spacial score (nSPS) is 10.9. The maximum absolute atomic E-state index is 12.6. The first kappa shape index (κ1) is 29.4. The molecule has 0 saturated heterocycles. The van der Waals surface area contributed by atoms with Gasteiger partial charge in [0.25, 0.3) is 0 Å². The predicted octanol–water partition coefficient (Wildman–Crippen LogP) is 9.61. The summed E-state index contributed by atoms with van der Waals surface area (Å²) in [6.07, 6.45) is 17.9. The van der Waals surface area contributed by atoms with Crippen molar-refractivity contribution in [3.63, 3.8) is 0 Å². The third-order valence-corrected chi connectivity index (χ3v) is 6.87. The monoisotopic (exact) mass is 515 g/mol. The Kier molecular flexibility index (Phi) is 13.5. The number of carbonyl (C=O) groups is 1. The van der Waals surface area contributed by atoms with Gasteiger partial charge in [0.15, 0.2) is 0 Å². The highest BCUT2D eigenvalue weighted by Crippen LogP contribution is 2.23. The molecule has 2 aromatic carbocycles. The molecule has 1 heterocycles. The number of benzene rings is 2. The van der Waals surface area contributed by atoms with E-state index in [-0.39, 0.29) is 5.97 Å². The van der Waals surface area contributed by atoms with Gasteiger partial charge in [-0.25, -0.2) is 4.79 Å². The first-order chi connectivity index (χ1) is 18.7. The lowest BCUT2D eigenvalue weighted by atomic mass is 10.0. The summed E-state index contributed by atoms with van der Waals surface area (Å²) in [6, 6.07) is 19.4. The number of pyridine rings is 1. The Labute approximate surface area is 229 Å². The standard InChI is InChI=1S/C34H45NO3/c1-3-5-7-9-10-11-13-15-28-16-18-30(19-17-28)34(36)38-32-24-25-33(35-27-32)29-20-22-31(23-21-29)37-26-14-12-8-6-4-2/h16-25,27H,3-15,26H2,1-2H3. The van der Waals surface area contributed by atoms with E-state index in [2.05, 4.69) is 18.8 Å². The molecule has 4 heteroatoms. The zero-order valence-electron chi connectivity index (χ0n) is 23.4. The van der Waals surface area contributed by atoms with Gasteiger partial charge in [0.2, 0.25) is 0 Å². The number of nitrogens with zero attached hydrogens (tertiary/aromatic N) is 1. The van der Waals surface area contributed by atoms with Gasteiger partial charge in [-0.3, -0.25) is 4.98 Å². The molecule has 0 spiro atoms. The Bertz CT molecular complexity index is 1040. The summed E-state index contributed by atoms with van der Waals surface area (Å²) in [6.45, 7) is 5.23. The maximum Gasteiger partial charge on any atom is 0.343 e.